The lowest BCUT2D eigenvalue weighted by atomic mass is 10.1. The Morgan fingerprint density at radius 3 is 2.57 bits per heavy atom. The zero-order valence-electron chi connectivity index (χ0n) is 9.16. The molecule has 0 bridgehead atoms. The van der Waals surface area contributed by atoms with Gasteiger partial charge in [-0.1, -0.05) is 13.3 Å². The Bertz CT molecular complexity index is 173. The van der Waals surface area contributed by atoms with Gasteiger partial charge in [0.15, 0.2) is 0 Å². The Labute approximate surface area is 85.2 Å². The van der Waals surface area contributed by atoms with Gasteiger partial charge >= 0.3 is 0 Å². The summed E-state index contributed by atoms with van der Waals surface area (Å²) in [5, 5.41) is 9.19. The van der Waals surface area contributed by atoms with Crippen molar-refractivity contribution in [3.05, 3.63) is 0 Å². The van der Waals surface area contributed by atoms with Crippen LogP contribution in [0.25, 0.3) is 0 Å². The summed E-state index contributed by atoms with van der Waals surface area (Å²) in [5.41, 5.74) is 2.14. The number of likely N-dealkylation sites (N-methyl/N-ethyl adjacent to an activating group) is 1. The lowest BCUT2D eigenvalue weighted by molar-refractivity contribution is -0.126. The summed E-state index contributed by atoms with van der Waals surface area (Å²) >= 11 is 0. The maximum absolute atomic E-state index is 11.4. The van der Waals surface area contributed by atoms with Crippen LogP contribution in [0.3, 0.4) is 0 Å². The summed E-state index contributed by atoms with van der Waals surface area (Å²) in [7, 11) is 1.81. The molecule has 1 amide bonds. The van der Waals surface area contributed by atoms with Crippen LogP contribution in [-0.4, -0.2) is 41.7 Å². The first-order chi connectivity index (χ1) is 6.52. The highest BCUT2D eigenvalue weighted by Crippen LogP contribution is 2.05. The molecule has 0 aromatic heterocycles. The second-order valence-electron chi connectivity index (χ2n) is 3.60. The van der Waals surface area contributed by atoms with Crippen molar-refractivity contribution in [2.45, 2.75) is 38.8 Å². The van der Waals surface area contributed by atoms with E-state index in [9.17, 15) is 9.90 Å². The van der Waals surface area contributed by atoms with E-state index in [4.69, 9.17) is 5.84 Å². The molecule has 0 aromatic carbocycles. The van der Waals surface area contributed by atoms with Gasteiger partial charge in [-0.15, -0.1) is 0 Å². The van der Waals surface area contributed by atoms with Crippen molar-refractivity contribution in [3.63, 3.8) is 0 Å². The number of rotatable bonds is 6. The fourth-order valence-corrected chi connectivity index (χ4v) is 1.47. The number of carbonyl (C=O) groups is 1. The summed E-state index contributed by atoms with van der Waals surface area (Å²) in [4.78, 5) is 13.2. The lowest BCUT2D eigenvalue weighted by Gasteiger charge is -2.27. The molecule has 14 heavy (non-hydrogen) atoms. The second-order valence-corrected chi connectivity index (χ2v) is 3.60. The maximum Gasteiger partial charge on any atom is 0.251 e. The monoisotopic (exact) mass is 203 g/mol. The number of carbonyl (C=O) groups excluding carboxylic acids is 1. The van der Waals surface area contributed by atoms with Gasteiger partial charge in [0.2, 0.25) is 0 Å². The highest BCUT2D eigenvalue weighted by Gasteiger charge is 2.21. The van der Waals surface area contributed by atoms with E-state index in [0.717, 1.165) is 12.8 Å². The van der Waals surface area contributed by atoms with Crippen LogP contribution in [0.4, 0.5) is 0 Å². The van der Waals surface area contributed by atoms with Crippen LogP contribution in [0.5, 0.6) is 0 Å². The van der Waals surface area contributed by atoms with Crippen molar-refractivity contribution < 1.29 is 9.90 Å². The van der Waals surface area contributed by atoms with E-state index in [0.29, 0.717) is 6.54 Å². The Morgan fingerprint density at radius 2 is 2.21 bits per heavy atom. The summed E-state index contributed by atoms with van der Waals surface area (Å²) in [5.74, 6) is 4.88. The summed E-state index contributed by atoms with van der Waals surface area (Å²) < 4.78 is 0. The third-order valence-electron chi connectivity index (χ3n) is 2.09. The number of hydrazine groups is 1. The molecule has 0 radical (unpaired) electrons. The highest BCUT2D eigenvalue weighted by atomic mass is 16.3. The molecule has 0 heterocycles. The number of aliphatic hydroxyl groups excluding tert-OH is 1. The van der Waals surface area contributed by atoms with E-state index in [1.165, 1.54) is 0 Å². The molecule has 0 aliphatic heterocycles. The smallest absolute Gasteiger partial charge is 0.251 e. The zero-order chi connectivity index (χ0) is 11.1. The predicted octanol–water partition coefficient (Wildman–Crippen LogP) is -0.542. The van der Waals surface area contributed by atoms with Crippen LogP contribution < -0.4 is 11.3 Å². The molecule has 84 valence electrons. The normalized spacial score (nSPS) is 15.3. The van der Waals surface area contributed by atoms with Gasteiger partial charge < -0.3 is 5.11 Å². The summed E-state index contributed by atoms with van der Waals surface area (Å²) in [6.45, 7) is 4.17. The maximum atomic E-state index is 11.4. The van der Waals surface area contributed by atoms with Gasteiger partial charge in [0.1, 0.15) is 0 Å². The van der Waals surface area contributed by atoms with Gasteiger partial charge in [-0.3, -0.25) is 15.1 Å². The largest absolute Gasteiger partial charge is 0.392 e. The standard InChI is InChI=1S/C9H21N3O2/c1-4-5-8(9(14)11-10)12(3)6-7(2)13/h7-8,13H,4-6,10H2,1-3H3,(H,11,14). The van der Waals surface area contributed by atoms with Gasteiger partial charge in [0, 0.05) is 6.54 Å². The SMILES string of the molecule is CCCC(C(=O)NN)N(C)CC(C)O. The first-order valence-corrected chi connectivity index (χ1v) is 4.91. The van der Waals surface area contributed by atoms with Crippen LogP contribution in [0.2, 0.25) is 0 Å². The fraction of sp³-hybridized carbons (Fsp3) is 0.889. The molecule has 0 aromatic rings. The van der Waals surface area contributed by atoms with E-state index in [2.05, 4.69) is 5.43 Å². The van der Waals surface area contributed by atoms with Gasteiger partial charge in [-0.2, -0.15) is 0 Å². The summed E-state index contributed by atoms with van der Waals surface area (Å²) in [6, 6.07) is -0.250. The number of amides is 1. The van der Waals surface area contributed by atoms with Gasteiger partial charge in [-0.25, -0.2) is 5.84 Å². The highest BCUT2D eigenvalue weighted by molar-refractivity contribution is 5.81. The van der Waals surface area contributed by atoms with Crippen molar-refractivity contribution in [1.82, 2.24) is 10.3 Å². The third-order valence-corrected chi connectivity index (χ3v) is 2.09. The molecule has 5 nitrogen and oxygen atoms in total. The van der Waals surface area contributed by atoms with Crippen LogP contribution >= 0.6 is 0 Å². The van der Waals surface area contributed by atoms with E-state index in [1.807, 2.05) is 18.9 Å². The van der Waals surface area contributed by atoms with Gasteiger partial charge in [0.05, 0.1) is 12.1 Å². The van der Waals surface area contributed by atoms with E-state index >= 15 is 0 Å². The number of nitrogens with zero attached hydrogens (tertiary/aromatic N) is 1. The average Bonchev–Trinajstić information content (AvgIpc) is 2.11. The van der Waals surface area contributed by atoms with E-state index < -0.39 is 6.10 Å². The van der Waals surface area contributed by atoms with E-state index in [-0.39, 0.29) is 11.9 Å². The number of hydrogen-bond acceptors (Lipinski definition) is 4. The Hall–Kier alpha value is -0.650. The lowest BCUT2D eigenvalue weighted by Crippen LogP contribution is -2.49. The number of aliphatic hydroxyl groups is 1. The van der Waals surface area contributed by atoms with Crippen LogP contribution in [-0.2, 0) is 4.79 Å². The Kier molecular flexibility index (Phi) is 6.44. The molecule has 4 N–H and O–H groups in total. The molecular weight excluding hydrogens is 182 g/mol. The molecule has 0 aliphatic rings. The first-order valence-electron chi connectivity index (χ1n) is 4.91. The fourth-order valence-electron chi connectivity index (χ4n) is 1.47. The molecule has 0 aliphatic carbocycles. The molecule has 0 saturated heterocycles. The molecule has 0 spiro atoms. The van der Waals surface area contributed by atoms with Crippen molar-refractivity contribution in [1.29, 1.82) is 0 Å². The number of hydrogen-bond donors (Lipinski definition) is 3. The van der Waals surface area contributed by atoms with Crippen molar-refractivity contribution in [2.24, 2.45) is 5.84 Å². The average molecular weight is 203 g/mol. The third kappa shape index (κ3) is 4.55. The minimum Gasteiger partial charge on any atom is -0.392 e. The molecule has 5 heteroatoms. The Morgan fingerprint density at radius 1 is 1.64 bits per heavy atom. The molecule has 2 atom stereocenters. The van der Waals surface area contributed by atoms with Crippen LogP contribution in [0.15, 0.2) is 0 Å². The minimum absolute atomic E-state index is 0.199. The number of nitrogens with two attached hydrogens (primary N) is 1. The molecular formula is C9H21N3O2. The van der Waals surface area contributed by atoms with Crippen molar-refractivity contribution in [3.8, 4) is 0 Å². The van der Waals surface area contributed by atoms with Crippen LogP contribution in [0.1, 0.15) is 26.7 Å². The van der Waals surface area contributed by atoms with Gasteiger partial charge in [0.25, 0.3) is 5.91 Å². The Balaban J connectivity index is 4.24. The van der Waals surface area contributed by atoms with Crippen LogP contribution in [0, 0.1) is 0 Å². The quantitative estimate of drug-likeness (QED) is 0.308. The molecule has 0 saturated carbocycles. The van der Waals surface area contributed by atoms with Crippen molar-refractivity contribution >= 4 is 5.91 Å². The summed E-state index contributed by atoms with van der Waals surface area (Å²) in [6.07, 6.45) is 1.21. The zero-order valence-corrected chi connectivity index (χ0v) is 9.16. The number of nitrogens with one attached hydrogen (secondary N) is 1. The predicted molar refractivity (Wildman–Crippen MR) is 55.3 cm³/mol. The minimum atomic E-state index is -0.440. The topological polar surface area (TPSA) is 78.6 Å². The van der Waals surface area contributed by atoms with Crippen molar-refractivity contribution in [2.75, 3.05) is 13.6 Å². The van der Waals surface area contributed by atoms with Gasteiger partial charge in [-0.05, 0) is 20.4 Å². The molecule has 2 unspecified atom stereocenters. The molecule has 0 rings (SSSR count). The first kappa shape index (κ1) is 13.4. The van der Waals surface area contributed by atoms with E-state index in [1.54, 1.807) is 6.92 Å². The second kappa shape index (κ2) is 6.75. The molecule has 0 fully saturated rings.